The highest BCUT2D eigenvalue weighted by Crippen LogP contribution is 2.20. The number of anilines is 2. The summed E-state index contributed by atoms with van der Waals surface area (Å²) >= 11 is 0. The second kappa shape index (κ2) is 7.43. The molecule has 1 fully saturated rings. The van der Waals surface area contributed by atoms with Crippen molar-refractivity contribution >= 4 is 11.8 Å². The molecule has 0 saturated carbocycles. The van der Waals surface area contributed by atoms with Gasteiger partial charge in [0.05, 0.1) is 0 Å². The lowest BCUT2D eigenvalue weighted by Gasteiger charge is -2.31. The van der Waals surface area contributed by atoms with Gasteiger partial charge < -0.3 is 15.1 Å². The first kappa shape index (κ1) is 15.0. The van der Waals surface area contributed by atoms with Gasteiger partial charge in [0.1, 0.15) is 5.82 Å². The standard InChI is InChI=1S/C15H27N5/c1-4-8-16-15-17-9-7-14(18-15)20-11-6-10-19(3)12-13(20)5-2/h7,9,13H,4-6,8,10-12H2,1-3H3,(H,16,17,18). The highest BCUT2D eigenvalue weighted by molar-refractivity contribution is 5.43. The van der Waals surface area contributed by atoms with Gasteiger partial charge in [0.2, 0.25) is 5.95 Å². The number of nitrogens with one attached hydrogen (secondary N) is 1. The minimum atomic E-state index is 0.538. The van der Waals surface area contributed by atoms with E-state index in [1.165, 1.54) is 13.0 Å². The van der Waals surface area contributed by atoms with Gasteiger partial charge in [-0.2, -0.15) is 4.98 Å². The zero-order valence-electron chi connectivity index (χ0n) is 13.0. The van der Waals surface area contributed by atoms with Gasteiger partial charge in [-0.05, 0) is 38.9 Å². The van der Waals surface area contributed by atoms with Crippen LogP contribution in [0.15, 0.2) is 12.3 Å². The van der Waals surface area contributed by atoms with Crippen LogP contribution in [0.4, 0.5) is 11.8 Å². The topological polar surface area (TPSA) is 44.3 Å². The van der Waals surface area contributed by atoms with Crippen LogP contribution in [-0.2, 0) is 0 Å². The Morgan fingerprint density at radius 3 is 2.95 bits per heavy atom. The van der Waals surface area contributed by atoms with Crippen molar-refractivity contribution in [2.45, 2.75) is 39.2 Å². The fourth-order valence-electron chi connectivity index (χ4n) is 2.73. The number of likely N-dealkylation sites (N-methyl/N-ethyl adjacent to an activating group) is 1. The van der Waals surface area contributed by atoms with Gasteiger partial charge in [0, 0.05) is 31.9 Å². The molecular weight excluding hydrogens is 250 g/mol. The summed E-state index contributed by atoms with van der Waals surface area (Å²) in [5, 5.41) is 3.27. The van der Waals surface area contributed by atoms with Gasteiger partial charge in [-0.3, -0.25) is 0 Å². The van der Waals surface area contributed by atoms with E-state index in [0.29, 0.717) is 6.04 Å². The second-order valence-electron chi connectivity index (χ2n) is 5.54. The molecule has 5 heteroatoms. The summed E-state index contributed by atoms with van der Waals surface area (Å²) in [6, 6.07) is 2.57. The molecule has 2 heterocycles. The molecule has 1 unspecified atom stereocenters. The van der Waals surface area contributed by atoms with E-state index in [1.807, 2.05) is 12.3 Å². The SMILES string of the molecule is CCCNc1nccc(N2CCCN(C)CC2CC)n1. The largest absolute Gasteiger partial charge is 0.354 e. The summed E-state index contributed by atoms with van der Waals surface area (Å²) < 4.78 is 0. The first-order chi connectivity index (χ1) is 9.74. The predicted octanol–water partition coefficient (Wildman–Crippen LogP) is 2.22. The molecule has 112 valence electrons. The molecule has 0 amide bonds. The van der Waals surface area contributed by atoms with Crippen LogP contribution in [0.5, 0.6) is 0 Å². The van der Waals surface area contributed by atoms with Crippen molar-refractivity contribution in [2.24, 2.45) is 0 Å². The molecule has 0 aliphatic carbocycles. The van der Waals surface area contributed by atoms with E-state index in [2.05, 4.69) is 46.0 Å². The Hall–Kier alpha value is -1.36. The van der Waals surface area contributed by atoms with Crippen molar-refractivity contribution in [1.82, 2.24) is 14.9 Å². The first-order valence-corrected chi connectivity index (χ1v) is 7.76. The molecule has 0 bridgehead atoms. The highest BCUT2D eigenvalue weighted by atomic mass is 15.3. The number of hydrogen-bond donors (Lipinski definition) is 1. The van der Waals surface area contributed by atoms with Gasteiger partial charge in [0.25, 0.3) is 0 Å². The lowest BCUT2D eigenvalue weighted by Crippen LogP contribution is -2.40. The van der Waals surface area contributed by atoms with Crippen LogP contribution in [0.25, 0.3) is 0 Å². The molecule has 1 aromatic heterocycles. The van der Waals surface area contributed by atoms with Crippen molar-refractivity contribution in [3.8, 4) is 0 Å². The molecule has 1 aromatic rings. The third-order valence-corrected chi connectivity index (χ3v) is 3.84. The van der Waals surface area contributed by atoms with Gasteiger partial charge in [-0.1, -0.05) is 13.8 Å². The molecule has 0 spiro atoms. The van der Waals surface area contributed by atoms with Crippen molar-refractivity contribution in [2.75, 3.05) is 43.4 Å². The molecular formula is C15H27N5. The predicted molar refractivity (Wildman–Crippen MR) is 84.4 cm³/mol. The summed E-state index contributed by atoms with van der Waals surface area (Å²) in [5.41, 5.74) is 0. The fourth-order valence-corrected chi connectivity index (χ4v) is 2.73. The van der Waals surface area contributed by atoms with Crippen molar-refractivity contribution in [1.29, 1.82) is 0 Å². The third kappa shape index (κ3) is 3.82. The Morgan fingerprint density at radius 1 is 1.35 bits per heavy atom. The molecule has 1 atom stereocenters. The fraction of sp³-hybridized carbons (Fsp3) is 0.733. The first-order valence-electron chi connectivity index (χ1n) is 7.76. The van der Waals surface area contributed by atoms with Crippen LogP contribution in [-0.4, -0.2) is 54.1 Å². The Balaban J connectivity index is 2.15. The van der Waals surface area contributed by atoms with Crippen LogP contribution in [0, 0.1) is 0 Å². The Labute approximate surface area is 122 Å². The summed E-state index contributed by atoms with van der Waals surface area (Å²) in [4.78, 5) is 13.9. The number of aromatic nitrogens is 2. The smallest absolute Gasteiger partial charge is 0.224 e. The van der Waals surface area contributed by atoms with Gasteiger partial charge in [-0.25, -0.2) is 4.98 Å². The zero-order valence-corrected chi connectivity index (χ0v) is 13.0. The maximum Gasteiger partial charge on any atom is 0.224 e. The number of nitrogens with zero attached hydrogens (tertiary/aromatic N) is 4. The van der Waals surface area contributed by atoms with Gasteiger partial charge in [0.15, 0.2) is 0 Å². The zero-order chi connectivity index (χ0) is 14.4. The number of hydrogen-bond acceptors (Lipinski definition) is 5. The van der Waals surface area contributed by atoms with E-state index < -0.39 is 0 Å². The minimum Gasteiger partial charge on any atom is -0.354 e. The van der Waals surface area contributed by atoms with E-state index in [0.717, 1.165) is 44.2 Å². The minimum absolute atomic E-state index is 0.538. The maximum absolute atomic E-state index is 4.68. The van der Waals surface area contributed by atoms with Crippen LogP contribution in [0.1, 0.15) is 33.1 Å². The summed E-state index contributed by atoms with van der Waals surface area (Å²) in [5.74, 6) is 1.80. The Bertz CT molecular complexity index is 409. The van der Waals surface area contributed by atoms with Gasteiger partial charge in [-0.15, -0.1) is 0 Å². The normalized spacial score (nSPS) is 20.8. The lowest BCUT2D eigenvalue weighted by atomic mass is 10.2. The van der Waals surface area contributed by atoms with E-state index >= 15 is 0 Å². The highest BCUT2D eigenvalue weighted by Gasteiger charge is 2.23. The molecule has 1 saturated heterocycles. The van der Waals surface area contributed by atoms with Crippen molar-refractivity contribution < 1.29 is 0 Å². The van der Waals surface area contributed by atoms with Crippen LogP contribution in [0.2, 0.25) is 0 Å². The molecule has 5 nitrogen and oxygen atoms in total. The average molecular weight is 277 g/mol. The second-order valence-corrected chi connectivity index (χ2v) is 5.54. The van der Waals surface area contributed by atoms with E-state index in [1.54, 1.807) is 0 Å². The van der Waals surface area contributed by atoms with Crippen LogP contribution in [0.3, 0.4) is 0 Å². The Kier molecular flexibility index (Phi) is 5.59. The maximum atomic E-state index is 4.68. The average Bonchev–Trinajstić information content (AvgIpc) is 2.66. The van der Waals surface area contributed by atoms with Crippen molar-refractivity contribution in [3.63, 3.8) is 0 Å². The molecule has 0 radical (unpaired) electrons. The third-order valence-electron chi connectivity index (χ3n) is 3.84. The van der Waals surface area contributed by atoms with Crippen LogP contribution >= 0.6 is 0 Å². The molecule has 1 N–H and O–H groups in total. The van der Waals surface area contributed by atoms with Gasteiger partial charge >= 0.3 is 0 Å². The molecule has 1 aliphatic heterocycles. The van der Waals surface area contributed by atoms with E-state index in [-0.39, 0.29) is 0 Å². The van der Waals surface area contributed by atoms with Crippen LogP contribution < -0.4 is 10.2 Å². The summed E-state index contributed by atoms with van der Waals surface area (Å²) in [6.07, 6.45) is 5.28. The molecule has 1 aliphatic rings. The Morgan fingerprint density at radius 2 is 2.20 bits per heavy atom. The summed E-state index contributed by atoms with van der Waals surface area (Å²) in [7, 11) is 2.21. The molecule has 0 aromatic carbocycles. The number of rotatable bonds is 5. The van der Waals surface area contributed by atoms with E-state index in [9.17, 15) is 0 Å². The lowest BCUT2D eigenvalue weighted by molar-refractivity contribution is 0.327. The molecule has 2 rings (SSSR count). The molecule has 20 heavy (non-hydrogen) atoms. The quantitative estimate of drug-likeness (QED) is 0.894. The summed E-state index contributed by atoms with van der Waals surface area (Å²) in [6.45, 7) is 8.68. The van der Waals surface area contributed by atoms with Crippen molar-refractivity contribution in [3.05, 3.63) is 12.3 Å². The van der Waals surface area contributed by atoms with E-state index in [4.69, 9.17) is 0 Å². The monoisotopic (exact) mass is 277 g/mol.